The Morgan fingerprint density at radius 2 is 1.92 bits per heavy atom. The van der Waals surface area contributed by atoms with E-state index >= 15 is 0 Å². The summed E-state index contributed by atoms with van der Waals surface area (Å²) in [5, 5.41) is 2.93. The average molecular weight is 357 g/mol. The van der Waals surface area contributed by atoms with Crippen molar-refractivity contribution in [1.29, 1.82) is 0 Å². The van der Waals surface area contributed by atoms with Crippen molar-refractivity contribution in [2.45, 2.75) is 45.6 Å². The van der Waals surface area contributed by atoms with E-state index in [1.807, 2.05) is 6.92 Å². The first-order valence-corrected chi connectivity index (χ1v) is 9.52. The van der Waals surface area contributed by atoms with E-state index < -0.39 is 6.04 Å². The van der Waals surface area contributed by atoms with E-state index in [0.29, 0.717) is 30.9 Å². The number of anilines is 1. The minimum atomic E-state index is -0.465. The van der Waals surface area contributed by atoms with Crippen molar-refractivity contribution in [3.8, 4) is 0 Å². The molecule has 6 heteroatoms. The second kappa shape index (κ2) is 7.89. The number of rotatable bonds is 4. The van der Waals surface area contributed by atoms with E-state index in [0.717, 1.165) is 25.7 Å². The minimum Gasteiger partial charge on any atom is -0.339 e. The van der Waals surface area contributed by atoms with Gasteiger partial charge in [-0.1, -0.05) is 18.9 Å². The fourth-order valence-corrected chi connectivity index (χ4v) is 3.85. The van der Waals surface area contributed by atoms with Gasteiger partial charge in [-0.2, -0.15) is 0 Å². The molecule has 1 heterocycles. The predicted molar refractivity (Wildman–Crippen MR) is 99.8 cm³/mol. The molecule has 0 radical (unpaired) electrons. The van der Waals surface area contributed by atoms with E-state index in [9.17, 15) is 14.4 Å². The van der Waals surface area contributed by atoms with Crippen LogP contribution in [0.4, 0.5) is 5.69 Å². The number of likely N-dealkylation sites (N-methyl/N-ethyl adjacent to an activating group) is 1. The largest absolute Gasteiger partial charge is 0.339 e. The molecule has 6 nitrogen and oxygen atoms in total. The minimum absolute atomic E-state index is 0.0159. The first kappa shape index (κ1) is 18.4. The third-order valence-corrected chi connectivity index (χ3v) is 5.49. The maximum atomic E-state index is 12.9. The summed E-state index contributed by atoms with van der Waals surface area (Å²) in [7, 11) is 0. The molecule has 1 atom stereocenters. The Morgan fingerprint density at radius 1 is 1.19 bits per heavy atom. The highest BCUT2D eigenvalue weighted by Gasteiger charge is 2.34. The first-order chi connectivity index (χ1) is 12.5. The number of amides is 3. The smallest absolute Gasteiger partial charge is 0.254 e. The van der Waals surface area contributed by atoms with Gasteiger partial charge >= 0.3 is 0 Å². The molecule has 1 aliphatic heterocycles. The second-order valence-corrected chi connectivity index (χ2v) is 7.14. The van der Waals surface area contributed by atoms with Crippen molar-refractivity contribution < 1.29 is 14.4 Å². The van der Waals surface area contributed by atoms with Crippen molar-refractivity contribution >= 4 is 23.4 Å². The molecule has 2 fully saturated rings. The normalized spacial score (nSPS) is 21.2. The molecule has 1 N–H and O–H groups in total. The highest BCUT2D eigenvalue weighted by molar-refractivity contribution is 6.00. The summed E-state index contributed by atoms with van der Waals surface area (Å²) >= 11 is 0. The van der Waals surface area contributed by atoms with Gasteiger partial charge in [-0.25, -0.2) is 0 Å². The van der Waals surface area contributed by atoms with Crippen molar-refractivity contribution in [1.82, 2.24) is 9.80 Å². The number of nitrogens with one attached hydrogen (secondary N) is 1. The Labute approximate surface area is 154 Å². The lowest BCUT2D eigenvalue weighted by Crippen LogP contribution is -2.57. The van der Waals surface area contributed by atoms with Gasteiger partial charge in [0.2, 0.25) is 11.8 Å². The van der Waals surface area contributed by atoms with Gasteiger partial charge in [0.1, 0.15) is 6.04 Å². The lowest BCUT2D eigenvalue weighted by molar-refractivity contribution is -0.139. The molecule has 1 aliphatic carbocycles. The van der Waals surface area contributed by atoms with Crippen molar-refractivity contribution in [3.63, 3.8) is 0 Å². The monoisotopic (exact) mass is 357 g/mol. The van der Waals surface area contributed by atoms with Crippen LogP contribution in [0.25, 0.3) is 0 Å². The van der Waals surface area contributed by atoms with Gasteiger partial charge in [0, 0.05) is 36.8 Å². The van der Waals surface area contributed by atoms with Crippen LogP contribution in [0.3, 0.4) is 0 Å². The van der Waals surface area contributed by atoms with Crippen molar-refractivity contribution in [3.05, 3.63) is 29.8 Å². The standard InChI is InChI=1S/C20H27N3O3/c1-3-22-11-12-23(14(2)19(22)25)20(26)16-9-6-10-17(13-16)21-18(24)15-7-4-5-8-15/h6,9-10,13-15H,3-5,7-8,11-12H2,1-2H3,(H,21,24)/t14-/m1/s1. The summed E-state index contributed by atoms with van der Waals surface area (Å²) < 4.78 is 0. The first-order valence-electron chi connectivity index (χ1n) is 9.52. The maximum Gasteiger partial charge on any atom is 0.254 e. The number of hydrogen-bond donors (Lipinski definition) is 1. The van der Waals surface area contributed by atoms with Gasteiger partial charge in [0.15, 0.2) is 0 Å². The van der Waals surface area contributed by atoms with E-state index in [2.05, 4.69) is 5.32 Å². The van der Waals surface area contributed by atoms with E-state index in [1.54, 1.807) is 41.0 Å². The van der Waals surface area contributed by atoms with Crippen LogP contribution in [0.15, 0.2) is 24.3 Å². The molecule has 1 saturated carbocycles. The topological polar surface area (TPSA) is 69.7 Å². The summed E-state index contributed by atoms with van der Waals surface area (Å²) in [4.78, 5) is 40.9. The third kappa shape index (κ3) is 3.74. The Kier molecular flexibility index (Phi) is 5.59. The van der Waals surface area contributed by atoms with Gasteiger partial charge < -0.3 is 15.1 Å². The molecule has 3 rings (SSSR count). The van der Waals surface area contributed by atoms with E-state index in [4.69, 9.17) is 0 Å². The van der Waals surface area contributed by atoms with Crippen molar-refractivity contribution in [2.24, 2.45) is 5.92 Å². The summed E-state index contributed by atoms with van der Waals surface area (Å²) in [6.45, 7) is 5.46. The number of carbonyl (C=O) groups is 3. The number of piperazine rings is 1. The van der Waals surface area contributed by atoms with E-state index in [1.165, 1.54) is 0 Å². The number of carbonyl (C=O) groups excluding carboxylic acids is 3. The SMILES string of the molecule is CCN1CCN(C(=O)c2cccc(NC(=O)C3CCCC3)c2)[C@H](C)C1=O. The average Bonchev–Trinajstić information content (AvgIpc) is 3.18. The lowest BCUT2D eigenvalue weighted by Gasteiger charge is -2.38. The Morgan fingerprint density at radius 3 is 2.62 bits per heavy atom. The van der Waals surface area contributed by atoms with Gasteiger partial charge in [0.25, 0.3) is 5.91 Å². The van der Waals surface area contributed by atoms with E-state index in [-0.39, 0.29) is 23.6 Å². The fraction of sp³-hybridized carbons (Fsp3) is 0.550. The third-order valence-electron chi connectivity index (χ3n) is 5.49. The Bertz CT molecular complexity index is 697. The lowest BCUT2D eigenvalue weighted by atomic mass is 10.1. The Balaban J connectivity index is 1.70. The quantitative estimate of drug-likeness (QED) is 0.900. The molecule has 26 heavy (non-hydrogen) atoms. The summed E-state index contributed by atoms with van der Waals surface area (Å²) in [6.07, 6.45) is 4.08. The molecule has 0 bridgehead atoms. The Hall–Kier alpha value is -2.37. The molecule has 0 spiro atoms. The highest BCUT2D eigenvalue weighted by Crippen LogP contribution is 2.26. The van der Waals surface area contributed by atoms with Crippen LogP contribution in [0.2, 0.25) is 0 Å². The molecule has 1 aromatic carbocycles. The number of hydrogen-bond acceptors (Lipinski definition) is 3. The zero-order chi connectivity index (χ0) is 18.7. The maximum absolute atomic E-state index is 12.9. The summed E-state index contributed by atoms with van der Waals surface area (Å²) in [6, 6.07) is 6.54. The molecule has 1 saturated heterocycles. The van der Waals surface area contributed by atoms with Gasteiger partial charge in [-0.05, 0) is 44.9 Å². The second-order valence-electron chi connectivity index (χ2n) is 7.14. The van der Waals surface area contributed by atoms with Gasteiger partial charge in [0.05, 0.1) is 0 Å². The molecular formula is C20H27N3O3. The predicted octanol–water partition coefficient (Wildman–Crippen LogP) is 2.51. The zero-order valence-corrected chi connectivity index (χ0v) is 15.5. The van der Waals surface area contributed by atoms with Crippen LogP contribution in [0, 0.1) is 5.92 Å². The number of nitrogens with zero attached hydrogens (tertiary/aromatic N) is 2. The summed E-state index contributed by atoms with van der Waals surface area (Å²) in [5.41, 5.74) is 1.14. The molecule has 1 aromatic rings. The molecule has 140 valence electrons. The van der Waals surface area contributed by atoms with Crippen molar-refractivity contribution in [2.75, 3.05) is 25.0 Å². The molecule has 2 aliphatic rings. The van der Waals surface area contributed by atoms with Crippen LogP contribution < -0.4 is 5.32 Å². The van der Waals surface area contributed by atoms with Gasteiger partial charge in [-0.15, -0.1) is 0 Å². The fourth-order valence-electron chi connectivity index (χ4n) is 3.85. The van der Waals surface area contributed by atoms with Crippen LogP contribution >= 0.6 is 0 Å². The molecule has 0 unspecified atom stereocenters. The van der Waals surface area contributed by atoms with Crippen LogP contribution in [0.5, 0.6) is 0 Å². The molecule has 0 aromatic heterocycles. The molecular weight excluding hydrogens is 330 g/mol. The molecule has 3 amide bonds. The van der Waals surface area contributed by atoms with Crippen LogP contribution in [-0.2, 0) is 9.59 Å². The van der Waals surface area contributed by atoms with Crippen LogP contribution in [-0.4, -0.2) is 53.2 Å². The zero-order valence-electron chi connectivity index (χ0n) is 15.5. The highest BCUT2D eigenvalue weighted by atomic mass is 16.2. The van der Waals surface area contributed by atoms with Gasteiger partial charge in [-0.3, -0.25) is 14.4 Å². The number of benzene rings is 1. The summed E-state index contributed by atoms with van der Waals surface area (Å²) in [5.74, 6) is -0.0716. The van der Waals surface area contributed by atoms with Crippen LogP contribution in [0.1, 0.15) is 49.9 Å².